The number of rotatable bonds is 5. The SMILES string of the molecule is CCC[C@@H](NC(=O)c1ccc(C)c(Br)c1)C(=O)O. The topological polar surface area (TPSA) is 66.4 Å². The fourth-order valence-electron chi connectivity index (χ4n) is 1.52. The third-order valence-electron chi connectivity index (χ3n) is 2.61. The maximum atomic E-state index is 11.9. The highest BCUT2D eigenvalue weighted by Gasteiger charge is 2.19. The minimum absolute atomic E-state index is 0.364. The average Bonchev–Trinajstić information content (AvgIpc) is 2.31. The molecule has 0 bridgehead atoms. The smallest absolute Gasteiger partial charge is 0.326 e. The minimum atomic E-state index is -1.00. The molecule has 0 radical (unpaired) electrons. The average molecular weight is 314 g/mol. The molecule has 18 heavy (non-hydrogen) atoms. The lowest BCUT2D eigenvalue weighted by molar-refractivity contribution is -0.139. The Morgan fingerprint density at radius 1 is 1.44 bits per heavy atom. The van der Waals surface area contributed by atoms with Crippen molar-refractivity contribution in [3.63, 3.8) is 0 Å². The molecule has 0 heterocycles. The summed E-state index contributed by atoms with van der Waals surface area (Å²) >= 11 is 3.34. The number of carbonyl (C=O) groups excluding carboxylic acids is 1. The van der Waals surface area contributed by atoms with Gasteiger partial charge < -0.3 is 10.4 Å². The molecule has 98 valence electrons. The first-order valence-electron chi connectivity index (χ1n) is 5.75. The third kappa shape index (κ3) is 3.84. The number of nitrogens with one attached hydrogen (secondary N) is 1. The van der Waals surface area contributed by atoms with Crippen molar-refractivity contribution >= 4 is 27.8 Å². The van der Waals surface area contributed by atoms with Crippen LogP contribution in [0.1, 0.15) is 35.7 Å². The van der Waals surface area contributed by atoms with Crippen molar-refractivity contribution in [2.45, 2.75) is 32.7 Å². The lowest BCUT2D eigenvalue weighted by Gasteiger charge is -2.13. The first-order chi connectivity index (χ1) is 8.45. The van der Waals surface area contributed by atoms with Gasteiger partial charge in [0.2, 0.25) is 0 Å². The number of hydrogen-bond acceptors (Lipinski definition) is 2. The largest absolute Gasteiger partial charge is 0.480 e. The Morgan fingerprint density at radius 2 is 2.11 bits per heavy atom. The summed E-state index contributed by atoms with van der Waals surface area (Å²) in [6.45, 7) is 3.80. The van der Waals surface area contributed by atoms with Crippen molar-refractivity contribution in [2.24, 2.45) is 0 Å². The fourth-order valence-corrected chi connectivity index (χ4v) is 1.90. The van der Waals surface area contributed by atoms with Gasteiger partial charge in [-0.25, -0.2) is 4.79 Å². The maximum Gasteiger partial charge on any atom is 0.326 e. The number of carboxylic acid groups (broad SMARTS) is 1. The molecule has 4 nitrogen and oxygen atoms in total. The number of benzene rings is 1. The van der Waals surface area contributed by atoms with E-state index in [4.69, 9.17) is 5.11 Å². The van der Waals surface area contributed by atoms with E-state index in [0.29, 0.717) is 18.4 Å². The summed E-state index contributed by atoms with van der Waals surface area (Å²) in [4.78, 5) is 22.9. The zero-order valence-corrected chi connectivity index (χ0v) is 12.0. The molecule has 2 N–H and O–H groups in total. The van der Waals surface area contributed by atoms with Crippen LogP contribution in [0, 0.1) is 6.92 Å². The van der Waals surface area contributed by atoms with Crippen molar-refractivity contribution < 1.29 is 14.7 Å². The van der Waals surface area contributed by atoms with Gasteiger partial charge in [0, 0.05) is 10.0 Å². The molecular formula is C13H16BrNO3. The van der Waals surface area contributed by atoms with E-state index in [1.807, 2.05) is 19.9 Å². The number of carboxylic acids is 1. The predicted octanol–water partition coefficient (Wildman–Crippen LogP) is 2.74. The second-order valence-electron chi connectivity index (χ2n) is 4.12. The number of carbonyl (C=O) groups is 2. The van der Waals surface area contributed by atoms with Gasteiger partial charge in [0.1, 0.15) is 6.04 Å². The highest BCUT2D eigenvalue weighted by molar-refractivity contribution is 9.10. The lowest BCUT2D eigenvalue weighted by Crippen LogP contribution is -2.40. The summed E-state index contributed by atoms with van der Waals surface area (Å²) in [6, 6.07) is 4.35. The summed E-state index contributed by atoms with van der Waals surface area (Å²) in [6.07, 6.45) is 1.13. The molecule has 0 fully saturated rings. The second-order valence-corrected chi connectivity index (χ2v) is 4.97. The van der Waals surface area contributed by atoms with Crippen LogP contribution in [0.15, 0.2) is 22.7 Å². The molecule has 1 rings (SSSR count). The molecule has 0 saturated carbocycles. The minimum Gasteiger partial charge on any atom is -0.480 e. The zero-order chi connectivity index (χ0) is 13.7. The molecular weight excluding hydrogens is 298 g/mol. The molecule has 1 atom stereocenters. The van der Waals surface area contributed by atoms with Gasteiger partial charge in [0.05, 0.1) is 0 Å². The lowest BCUT2D eigenvalue weighted by atomic mass is 10.1. The van der Waals surface area contributed by atoms with Gasteiger partial charge in [-0.2, -0.15) is 0 Å². The number of aliphatic carboxylic acids is 1. The van der Waals surface area contributed by atoms with Crippen molar-refractivity contribution in [3.8, 4) is 0 Å². The Balaban J connectivity index is 2.80. The van der Waals surface area contributed by atoms with Crippen LogP contribution in [0.5, 0.6) is 0 Å². The predicted molar refractivity (Wildman–Crippen MR) is 72.7 cm³/mol. The van der Waals surface area contributed by atoms with Crippen LogP contribution in [0.2, 0.25) is 0 Å². The van der Waals surface area contributed by atoms with E-state index >= 15 is 0 Å². The van der Waals surface area contributed by atoms with Gasteiger partial charge in [0.15, 0.2) is 0 Å². The molecule has 0 aliphatic heterocycles. The Bertz CT molecular complexity index is 460. The van der Waals surface area contributed by atoms with Crippen LogP contribution < -0.4 is 5.32 Å². The Kier molecular flexibility index (Phi) is 5.34. The molecule has 0 unspecified atom stereocenters. The molecule has 0 aromatic heterocycles. The summed E-state index contributed by atoms with van der Waals surface area (Å²) in [5, 5.41) is 11.5. The zero-order valence-electron chi connectivity index (χ0n) is 10.4. The van der Waals surface area contributed by atoms with Gasteiger partial charge in [-0.05, 0) is 31.0 Å². The van der Waals surface area contributed by atoms with Crippen LogP contribution in [0.25, 0.3) is 0 Å². The van der Waals surface area contributed by atoms with Crippen molar-refractivity contribution in [3.05, 3.63) is 33.8 Å². The summed E-state index contributed by atoms with van der Waals surface area (Å²) in [5.41, 5.74) is 1.48. The van der Waals surface area contributed by atoms with Crippen molar-refractivity contribution in [1.82, 2.24) is 5.32 Å². The summed E-state index contributed by atoms with van der Waals surface area (Å²) in [7, 11) is 0. The number of halogens is 1. The van der Waals surface area contributed by atoms with Crippen LogP contribution in [-0.4, -0.2) is 23.0 Å². The Morgan fingerprint density at radius 3 is 2.61 bits per heavy atom. The van der Waals surface area contributed by atoms with E-state index in [1.165, 1.54) is 0 Å². The van der Waals surface area contributed by atoms with E-state index in [0.717, 1.165) is 10.0 Å². The highest BCUT2D eigenvalue weighted by atomic mass is 79.9. The quantitative estimate of drug-likeness (QED) is 0.878. The number of aryl methyl sites for hydroxylation is 1. The van der Waals surface area contributed by atoms with Crippen LogP contribution >= 0.6 is 15.9 Å². The van der Waals surface area contributed by atoms with E-state index in [1.54, 1.807) is 12.1 Å². The maximum absolute atomic E-state index is 11.9. The van der Waals surface area contributed by atoms with Crippen LogP contribution in [-0.2, 0) is 4.79 Å². The molecule has 1 aromatic carbocycles. The van der Waals surface area contributed by atoms with Gasteiger partial charge >= 0.3 is 5.97 Å². The van der Waals surface area contributed by atoms with Crippen LogP contribution in [0.3, 0.4) is 0 Å². The molecule has 1 aromatic rings. The molecule has 1 amide bonds. The highest BCUT2D eigenvalue weighted by Crippen LogP contribution is 2.17. The molecule has 0 spiro atoms. The summed E-state index contributed by atoms with van der Waals surface area (Å²) < 4.78 is 0.831. The normalized spacial score (nSPS) is 11.9. The third-order valence-corrected chi connectivity index (χ3v) is 3.47. The van der Waals surface area contributed by atoms with Gasteiger partial charge in [-0.1, -0.05) is 35.3 Å². The van der Waals surface area contributed by atoms with Gasteiger partial charge in [-0.15, -0.1) is 0 Å². The number of amides is 1. The Hall–Kier alpha value is -1.36. The standard InChI is InChI=1S/C13H16BrNO3/c1-3-4-11(13(17)18)15-12(16)9-6-5-8(2)10(14)7-9/h5-7,11H,3-4H2,1-2H3,(H,15,16)(H,17,18)/t11-/m1/s1. The first kappa shape index (κ1) is 14.7. The molecule has 0 saturated heterocycles. The monoisotopic (exact) mass is 313 g/mol. The van der Waals surface area contributed by atoms with Crippen molar-refractivity contribution in [2.75, 3.05) is 0 Å². The van der Waals surface area contributed by atoms with E-state index in [9.17, 15) is 9.59 Å². The molecule has 0 aliphatic carbocycles. The number of hydrogen-bond donors (Lipinski definition) is 2. The Labute approximate surface area is 115 Å². The van der Waals surface area contributed by atoms with Crippen molar-refractivity contribution in [1.29, 1.82) is 0 Å². The van der Waals surface area contributed by atoms with E-state index < -0.39 is 12.0 Å². The van der Waals surface area contributed by atoms with Gasteiger partial charge in [-0.3, -0.25) is 4.79 Å². The van der Waals surface area contributed by atoms with E-state index in [-0.39, 0.29) is 5.91 Å². The second kappa shape index (κ2) is 6.54. The molecule has 5 heteroatoms. The van der Waals surface area contributed by atoms with Gasteiger partial charge in [0.25, 0.3) is 5.91 Å². The first-order valence-corrected chi connectivity index (χ1v) is 6.54. The molecule has 0 aliphatic rings. The van der Waals surface area contributed by atoms with E-state index in [2.05, 4.69) is 21.2 Å². The fraction of sp³-hybridized carbons (Fsp3) is 0.385. The van der Waals surface area contributed by atoms with Crippen LogP contribution in [0.4, 0.5) is 0 Å². The summed E-state index contributed by atoms with van der Waals surface area (Å²) in [5.74, 6) is -1.37.